The van der Waals surface area contributed by atoms with Gasteiger partial charge in [-0.1, -0.05) is 18.2 Å². The Bertz CT molecular complexity index is 1330. The lowest BCUT2D eigenvalue weighted by atomic mass is 10.1. The van der Waals surface area contributed by atoms with Gasteiger partial charge in [-0.25, -0.2) is 8.42 Å². The number of ether oxygens (including phenoxy) is 1. The van der Waals surface area contributed by atoms with Crippen molar-refractivity contribution >= 4 is 9.84 Å². The molecular formula is C22H21F3N2O5S. The van der Waals surface area contributed by atoms with E-state index in [1.54, 1.807) is 0 Å². The summed E-state index contributed by atoms with van der Waals surface area (Å²) < 4.78 is 69.1. The summed E-state index contributed by atoms with van der Waals surface area (Å²) in [4.78, 5) is 13.2. The van der Waals surface area contributed by atoms with Crippen LogP contribution in [0, 0.1) is 0 Å². The molecule has 0 saturated carbocycles. The summed E-state index contributed by atoms with van der Waals surface area (Å²) in [6.07, 6.45) is -2.32. The van der Waals surface area contributed by atoms with Crippen molar-refractivity contribution < 1.29 is 31.4 Å². The van der Waals surface area contributed by atoms with Crippen LogP contribution < -0.4 is 10.3 Å². The number of hydrogen-bond donors (Lipinski definition) is 1. The molecule has 0 spiro atoms. The average molecular weight is 482 g/mol. The molecule has 0 unspecified atom stereocenters. The van der Waals surface area contributed by atoms with E-state index in [0.717, 1.165) is 29.1 Å². The predicted octanol–water partition coefficient (Wildman–Crippen LogP) is 3.47. The van der Waals surface area contributed by atoms with Crippen LogP contribution in [-0.4, -0.2) is 41.8 Å². The smallest absolute Gasteiger partial charge is 0.416 e. The lowest BCUT2D eigenvalue weighted by Gasteiger charge is -2.20. The van der Waals surface area contributed by atoms with E-state index in [0.29, 0.717) is 5.56 Å². The first-order valence-electron chi connectivity index (χ1n) is 9.62. The van der Waals surface area contributed by atoms with Crippen LogP contribution in [0.5, 0.6) is 5.75 Å². The first-order valence-corrected chi connectivity index (χ1v) is 11.5. The largest absolute Gasteiger partial charge is 0.484 e. The molecule has 0 amide bonds. The molecule has 1 heterocycles. The molecule has 3 aromatic rings. The minimum absolute atomic E-state index is 0.0653. The number of hydrogen-bond acceptors (Lipinski definition) is 6. The Morgan fingerprint density at radius 1 is 1.09 bits per heavy atom. The zero-order chi connectivity index (χ0) is 24.6. The topological polar surface area (TPSA) is 98.5 Å². The fraction of sp³-hybridized carbons (Fsp3) is 0.273. The van der Waals surface area contributed by atoms with E-state index >= 15 is 0 Å². The van der Waals surface area contributed by atoms with E-state index in [9.17, 15) is 31.5 Å². The number of aromatic nitrogens is 2. The molecule has 33 heavy (non-hydrogen) atoms. The Kier molecular flexibility index (Phi) is 6.40. The molecule has 0 aliphatic rings. The van der Waals surface area contributed by atoms with Crippen molar-refractivity contribution in [1.82, 2.24) is 9.78 Å². The third-order valence-electron chi connectivity index (χ3n) is 4.51. The van der Waals surface area contributed by atoms with E-state index in [2.05, 4.69) is 5.10 Å². The van der Waals surface area contributed by atoms with Gasteiger partial charge in [0.15, 0.2) is 15.6 Å². The van der Waals surface area contributed by atoms with Gasteiger partial charge in [0.25, 0.3) is 0 Å². The molecule has 0 radical (unpaired) electrons. The van der Waals surface area contributed by atoms with Gasteiger partial charge < -0.3 is 9.84 Å². The Morgan fingerprint density at radius 3 is 2.27 bits per heavy atom. The van der Waals surface area contributed by atoms with Crippen LogP contribution >= 0.6 is 0 Å². The Hall–Kier alpha value is -3.18. The van der Waals surface area contributed by atoms with Gasteiger partial charge in [0.05, 0.1) is 27.9 Å². The summed E-state index contributed by atoms with van der Waals surface area (Å²) in [6, 6.07) is 9.72. The van der Waals surface area contributed by atoms with Gasteiger partial charge in [0.2, 0.25) is 0 Å². The molecule has 11 heteroatoms. The number of benzene rings is 2. The maximum atomic E-state index is 13.2. The quantitative estimate of drug-likeness (QED) is 0.578. The molecule has 176 valence electrons. The molecule has 7 nitrogen and oxygen atoms in total. The first kappa shape index (κ1) is 24.5. The maximum absolute atomic E-state index is 13.2. The minimum atomic E-state index is -4.61. The Labute approximate surface area is 188 Å². The van der Waals surface area contributed by atoms with Crippen molar-refractivity contribution in [2.75, 3.05) is 12.9 Å². The SMILES string of the molecule is CC(C)(O)COc1c(-c2ccc(S(C)(=O)=O)cc2)cnn(-c2cccc(C(F)(F)F)c2)c1=O. The Balaban J connectivity index is 2.16. The summed E-state index contributed by atoms with van der Waals surface area (Å²) in [5, 5.41) is 14.0. The van der Waals surface area contributed by atoms with Gasteiger partial charge in [0.1, 0.15) is 6.61 Å². The Morgan fingerprint density at radius 2 is 1.73 bits per heavy atom. The highest BCUT2D eigenvalue weighted by molar-refractivity contribution is 7.90. The highest BCUT2D eigenvalue weighted by Crippen LogP contribution is 2.31. The van der Waals surface area contributed by atoms with Gasteiger partial charge in [-0.15, -0.1) is 0 Å². The van der Waals surface area contributed by atoms with Crippen LogP contribution in [-0.2, 0) is 16.0 Å². The van der Waals surface area contributed by atoms with Crippen LogP contribution in [0.3, 0.4) is 0 Å². The monoisotopic (exact) mass is 482 g/mol. The highest BCUT2D eigenvalue weighted by Gasteiger charge is 2.31. The molecule has 0 saturated heterocycles. The number of halogens is 3. The molecule has 2 aromatic carbocycles. The minimum Gasteiger partial charge on any atom is -0.484 e. The van der Waals surface area contributed by atoms with E-state index in [1.807, 2.05) is 0 Å². The molecule has 0 fully saturated rings. The summed E-state index contributed by atoms with van der Waals surface area (Å²) in [6.45, 7) is 2.63. The first-order chi connectivity index (χ1) is 15.2. The maximum Gasteiger partial charge on any atom is 0.416 e. The van der Waals surface area contributed by atoms with Crippen molar-refractivity contribution in [1.29, 1.82) is 0 Å². The molecular weight excluding hydrogens is 461 g/mol. The van der Waals surface area contributed by atoms with Crippen LogP contribution in [0.25, 0.3) is 16.8 Å². The molecule has 0 atom stereocenters. The molecule has 1 aromatic heterocycles. The summed E-state index contributed by atoms with van der Waals surface area (Å²) in [5.41, 5.74) is -2.64. The van der Waals surface area contributed by atoms with Crippen molar-refractivity contribution in [3.8, 4) is 22.6 Å². The van der Waals surface area contributed by atoms with Crippen LogP contribution in [0.15, 0.2) is 64.4 Å². The van der Waals surface area contributed by atoms with Gasteiger partial charge in [-0.3, -0.25) is 4.79 Å². The molecule has 1 N–H and O–H groups in total. The van der Waals surface area contributed by atoms with E-state index in [-0.39, 0.29) is 28.5 Å². The lowest BCUT2D eigenvalue weighted by molar-refractivity contribution is -0.137. The third kappa shape index (κ3) is 5.79. The zero-order valence-corrected chi connectivity index (χ0v) is 18.7. The van der Waals surface area contributed by atoms with Gasteiger partial charge in [0, 0.05) is 11.8 Å². The van der Waals surface area contributed by atoms with Crippen molar-refractivity contribution in [3.05, 3.63) is 70.6 Å². The molecule has 0 aliphatic carbocycles. The van der Waals surface area contributed by atoms with E-state index in [1.165, 1.54) is 50.4 Å². The van der Waals surface area contributed by atoms with Crippen molar-refractivity contribution in [3.63, 3.8) is 0 Å². The normalized spacial score (nSPS) is 12.6. The molecule has 0 bridgehead atoms. The number of rotatable bonds is 6. The fourth-order valence-electron chi connectivity index (χ4n) is 2.91. The molecule has 3 rings (SSSR count). The second kappa shape index (κ2) is 8.64. The van der Waals surface area contributed by atoms with Crippen molar-refractivity contribution in [2.45, 2.75) is 30.5 Å². The van der Waals surface area contributed by atoms with Crippen LogP contribution in [0.1, 0.15) is 19.4 Å². The average Bonchev–Trinajstić information content (AvgIpc) is 2.71. The second-order valence-electron chi connectivity index (χ2n) is 8.05. The highest BCUT2D eigenvalue weighted by atomic mass is 32.2. The predicted molar refractivity (Wildman–Crippen MR) is 115 cm³/mol. The molecule has 0 aliphatic heterocycles. The summed E-state index contributed by atoms with van der Waals surface area (Å²) in [5.74, 6) is -0.253. The fourth-order valence-corrected chi connectivity index (χ4v) is 3.54. The number of sulfone groups is 1. The second-order valence-corrected chi connectivity index (χ2v) is 10.1. The lowest BCUT2D eigenvalue weighted by Crippen LogP contribution is -2.31. The standard InChI is InChI=1S/C22H21F3N2O5S/c1-21(2,29)13-32-19-18(14-7-9-17(10-8-14)33(3,30)31)12-26-27(20(19)28)16-6-4-5-15(11-16)22(23,24)25/h4-12,29H,13H2,1-3H3. The van der Waals surface area contributed by atoms with Crippen LogP contribution in [0.2, 0.25) is 0 Å². The number of alkyl halides is 3. The zero-order valence-electron chi connectivity index (χ0n) is 17.9. The number of aliphatic hydroxyl groups is 1. The summed E-state index contributed by atoms with van der Waals surface area (Å²) in [7, 11) is -3.45. The van der Waals surface area contributed by atoms with Gasteiger partial charge in [-0.05, 0) is 49.7 Å². The van der Waals surface area contributed by atoms with Crippen molar-refractivity contribution in [2.24, 2.45) is 0 Å². The number of nitrogens with zero attached hydrogens (tertiary/aromatic N) is 2. The van der Waals surface area contributed by atoms with Crippen LogP contribution in [0.4, 0.5) is 13.2 Å². The van der Waals surface area contributed by atoms with E-state index in [4.69, 9.17) is 4.74 Å². The third-order valence-corrected chi connectivity index (χ3v) is 5.64. The van der Waals surface area contributed by atoms with Gasteiger partial charge in [-0.2, -0.15) is 23.0 Å². The van der Waals surface area contributed by atoms with E-state index < -0.39 is 32.7 Å². The van der Waals surface area contributed by atoms with Gasteiger partial charge >= 0.3 is 11.7 Å². The summed E-state index contributed by atoms with van der Waals surface area (Å²) >= 11 is 0.